The molecule has 0 saturated carbocycles. The summed E-state index contributed by atoms with van der Waals surface area (Å²) < 4.78 is 12.9. The van der Waals surface area contributed by atoms with Crippen molar-refractivity contribution in [3.8, 4) is 17.2 Å². The fourth-order valence-electron chi connectivity index (χ4n) is 3.74. The van der Waals surface area contributed by atoms with Crippen molar-refractivity contribution in [2.75, 3.05) is 7.11 Å². The molecule has 3 aromatic carbocycles. The van der Waals surface area contributed by atoms with Gasteiger partial charge in [0.25, 0.3) is 11.7 Å². The third kappa shape index (κ3) is 4.05. The van der Waals surface area contributed by atoms with Gasteiger partial charge in [0.05, 0.1) is 24.7 Å². The number of benzene rings is 3. The zero-order valence-electron chi connectivity index (χ0n) is 17.8. The smallest absolute Gasteiger partial charge is 0.289 e. The van der Waals surface area contributed by atoms with Crippen LogP contribution >= 0.6 is 34.8 Å². The standard InChI is InChI=1S/C25H16Cl3N3O3/c1-33-17-9-10-20-18(12-17)21(23(28)31(20)13-15-7-8-16(26)11-19(15)27)22(32)25-30-29-24(34-25)14-5-3-2-4-6-14/h2-12H,13H2,1H3. The first-order valence-electron chi connectivity index (χ1n) is 10.2. The summed E-state index contributed by atoms with van der Waals surface area (Å²) in [5.74, 6) is 0.177. The van der Waals surface area contributed by atoms with Crippen LogP contribution < -0.4 is 4.74 Å². The maximum atomic E-state index is 13.5. The van der Waals surface area contributed by atoms with Crippen LogP contribution in [0, 0.1) is 0 Å². The van der Waals surface area contributed by atoms with Gasteiger partial charge in [-0.05, 0) is 48.0 Å². The Morgan fingerprint density at radius 2 is 1.79 bits per heavy atom. The molecule has 2 heterocycles. The van der Waals surface area contributed by atoms with E-state index in [1.807, 2.05) is 42.5 Å². The minimum absolute atomic E-state index is 0.160. The van der Waals surface area contributed by atoms with Gasteiger partial charge in [-0.1, -0.05) is 59.1 Å². The van der Waals surface area contributed by atoms with E-state index in [0.29, 0.717) is 33.3 Å². The summed E-state index contributed by atoms with van der Waals surface area (Å²) in [6, 6.07) is 19.8. The topological polar surface area (TPSA) is 70.2 Å². The van der Waals surface area contributed by atoms with E-state index in [1.54, 1.807) is 35.9 Å². The molecule has 170 valence electrons. The van der Waals surface area contributed by atoms with Gasteiger partial charge in [-0.2, -0.15) is 0 Å². The van der Waals surface area contributed by atoms with Crippen LogP contribution in [-0.2, 0) is 6.54 Å². The second-order valence-corrected chi connectivity index (χ2v) is 8.68. The lowest BCUT2D eigenvalue weighted by Crippen LogP contribution is -2.04. The molecule has 0 N–H and O–H groups in total. The zero-order chi connectivity index (χ0) is 23.8. The number of halogens is 3. The Morgan fingerprint density at radius 3 is 2.53 bits per heavy atom. The Hall–Kier alpha value is -3.32. The van der Waals surface area contributed by atoms with Gasteiger partial charge in [0.15, 0.2) is 0 Å². The predicted octanol–water partition coefficient (Wildman–Crippen LogP) is 6.94. The molecule has 0 aliphatic rings. The van der Waals surface area contributed by atoms with Crippen molar-refractivity contribution >= 4 is 51.5 Å². The number of nitrogens with zero attached hydrogens (tertiary/aromatic N) is 3. The Kier molecular flexibility index (Phi) is 6.04. The van der Waals surface area contributed by atoms with Gasteiger partial charge in [-0.15, -0.1) is 10.2 Å². The summed E-state index contributed by atoms with van der Waals surface area (Å²) in [7, 11) is 1.55. The van der Waals surface area contributed by atoms with E-state index in [2.05, 4.69) is 10.2 Å². The van der Waals surface area contributed by atoms with E-state index in [1.165, 1.54) is 0 Å². The second-order valence-electron chi connectivity index (χ2n) is 7.48. The summed E-state index contributed by atoms with van der Waals surface area (Å²) >= 11 is 19.2. The maximum Gasteiger partial charge on any atom is 0.289 e. The Bertz CT molecular complexity index is 1530. The number of ketones is 1. The van der Waals surface area contributed by atoms with E-state index in [0.717, 1.165) is 11.1 Å². The van der Waals surface area contributed by atoms with Gasteiger partial charge in [0, 0.05) is 21.0 Å². The summed E-state index contributed by atoms with van der Waals surface area (Å²) in [6.45, 7) is 0.323. The number of methoxy groups -OCH3 is 1. The molecular weight excluding hydrogens is 497 g/mol. The Balaban J connectivity index is 1.62. The lowest BCUT2D eigenvalue weighted by atomic mass is 10.1. The largest absolute Gasteiger partial charge is 0.497 e. The molecule has 0 atom stereocenters. The molecule has 6 nitrogen and oxygen atoms in total. The fraction of sp³-hybridized carbons (Fsp3) is 0.0800. The van der Waals surface area contributed by atoms with E-state index in [4.69, 9.17) is 44.0 Å². The minimum Gasteiger partial charge on any atom is -0.497 e. The number of rotatable bonds is 6. The van der Waals surface area contributed by atoms with E-state index < -0.39 is 5.78 Å². The first-order valence-corrected chi connectivity index (χ1v) is 11.3. The number of ether oxygens (including phenoxy) is 1. The zero-order valence-corrected chi connectivity index (χ0v) is 20.0. The van der Waals surface area contributed by atoms with Crippen molar-refractivity contribution in [2.24, 2.45) is 0 Å². The maximum absolute atomic E-state index is 13.5. The van der Waals surface area contributed by atoms with Gasteiger partial charge in [0.2, 0.25) is 5.89 Å². The second kappa shape index (κ2) is 9.14. The lowest BCUT2D eigenvalue weighted by molar-refractivity contribution is 0.100. The third-order valence-corrected chi connectivity index (χ3v) is 6.40. The molecule has 5 aromatic rings. The summed E-state index contributed by atoms with van der Waals surface area (Å²) in [4.78, 5) is 13.5. The predicted molar refractivity (Wildman–Crippen MR) is 132 cm³/mol. The molecule has 0 unspecified atom stereocenters. The van der Waals surface area contributed by atoms with Crippen molar-refractivity contribution in [3.05, 3.63) is 98.9 Å². The normalized spacial score (nSPS) is 11.2. The summed E-state index contributed by atoms with van der Waals surface area (Å²) in [5.41, 5.74) is 2.47. The average molecular weight is 513 g/mol. The average Bonchev–Trinajstić information content (AvgIpc) is 3.44. The van der Waals surface area contributed by atoms with Crippen LogP contribution in [0.2, 0.25) is 15.2 Å². The highest BCUT2D eigenvalue weighted by atomic mass is 35.5. The Morgan fingerprint density at radius 1 is 1.00 bits per heavy atom. The van der Waals surface area contributed by atoms with Crippen LogP contribution in [0.15, 0.2) is 71.1 Å². The molecule has 0 bridgehead atoms. The SMILES string of the molecule is COc1ccc2c(c1)c(C(=O)c1nnc(-c3ccccc3)o1)c(Cl)n2Cc1ccc(Cl)cc1Cl. The number of carbonyl (C=O) groups is 1. The van der Waals surface area contributed by atoms with Crippen molar-refractivity contribution in [1.82, 2.24) is 14.8 Å². The van der Waals surface area contributed by atoms with E-state index in [-0.39, 0.29) is 22.5 Å². The molecule has 0 spiro atoms. The third-order valence-electron chi connectivity index (χ3n) is 5.42. The summed E-state index contributed by atoms with van der Waals surface area (Å²) in [5, 5.41) is 9.85. The molecule has 0 aliphatic heterocycles. The van der Waals surface area contributed by atoms with Gasteiger partial charge < -0.3 is 13.7 Å². The van der Waals surface area contributed by atoms with Gasteiger partial charge in [-0.25, -0.2) is 0 Å². The first kappa shape index (κ1) is 22.5. The van der Waals surface area contributed by atoms with Gasteiger partial charge in [0.1, 0.15) is 10.9 Å². The Labute approximate surface area is 209 Å². The molecule has 0 aliphatic carbocycles. The number of fused-ring (bicyclic) bond motifs is 1. The molecule has 34 heavy (non-hydrogen) atoms. The number of carbonyl (C=O) groups excluding carboxylic acids is 1. The van der Waals surface area contributed by atoms with Gasteiger partial charge >= 0.3 is 0 Å². The highest BCUT2D eigenvalue weighted by molar-refractivity contribution is 6.37. The molecule has 9 heteroatoms. The quantitative estimate of drug-likeness (QED) is 0.230. The number of aromatic nitrogens is 3. The molecule has 2 aromatic heterocycles. The van der Waals surface area contributed by atoms with Crippen molar-refractivity contribution < 1.29 is 13.9 Å². The lowest BCUT2D eigenvalue weighted by Gasteiger charge is -2.10. The van der Waals surface area contributed by atoms with Crippen LogP contribution in [0.25, 0.3) is 22.4 Å². The first-order chi connectivity index (χ1) is 16.5. The van der Waals surface area contributed by atoms with E-state index >= 15 is 0 Å². The van der Waals surface area contributed by atoms with Crippen molar-refractivity contribution in [2.45, 2.75) is 6.54 Å². The number of hydrogen-bond acceptors (Lipinski definition) is 5. The molecule has 0 amide bonds. The fourth-order valence-corrected chi connectivity index (χ4v) is 4.55. The van der Waals surface area contributed by atoms with Crippen LogP contribution in [0.5, 0.6) is 5.75 Å². The summed E-state index contributed by atoms with van der Waals surface area (Å²) in [6.07, 6.45) is 0. The van der Waals surface area contributed by atoms with Gasteiger partial charge in [-0.3, -0.25) is 4.79 Å². The van der Waals surface area contributed by atoms with Crippen LogP contribution in [-0.4, -0.2) is 27.7 Å². The molecule has 0 radical (unpaired) electrons. The van der Waals surface area contributed by atoms with Crippen molar-refractivity contribution in [1.29, 1.82) is 0 Å². The monoisotopic (exact) mass is 511 g/mol. The van der Waals surface area contributed by atoms with Crippen molar-refractivity contribution in [3.63, 3.8) is 0 Å². The minimum atomic E-state index is -0.487. The van der Waals surface area contributed by atoms with Crippen LogP contribution in [0.3, 0.4) is 0 Å². The molecule has 0 saturated heterocycles. The number of hydrogen-bond donors (Lipinski definition) is 0. The van der Waals surface area contributed by atoms with Crippen LogP contribution in [0.4, 0.5) is 0 Å². The molecule has 0 fully saturated rings. The highest BCUT2D eigenvalue weighted by Crippen LogP contribution is 2.36. The molecular formula is C25H16Cl3N3O3. The molecule has 5 rings (SSSR count). The van der Waals surface area contributed by atoms with E-state index in [9.17, 15) is 4.79 Å². The van der Waals surface area contributed by atoms with Crippen LogP contribution in [0.1, 0.15) is 21.8 Å². The highest BCUT2D eigenvalue weighted by Gasteiger charge is 2.27.